The molecule has 2 aromatic carbocycles. The number of likely N-dealkylation sites (tertiary alicyclic amines) is 1. The van der Waals surface area contributed by atoms with Crippen molar-refractivity contribution < 1.29 is 24.3 Å². The summed E-state index contributed by atoms with van der Waals surface area (Å²) >= 11 is 6.05. The molecule has 164 valence electrons. The monoisotopic (exact) mass is 443 g/mol. The zero-order valence-electron chi connectivity index (χ0n) is 18.2. The molecule has 1 aliphatic heterocycles. The number of hydrogen-bond acceptors (Lipinski definition) is 4. The average Bonchev–Trinajstić information content (AvgIpc) is 2.98. The van der Waals surface area contributed by atoms with Gasteiger partial charge < -0.3 is 19.6 Å². The summed E-state index contributed by atoms with van der Waals surface area (Å²) < 4.78 is 5.23. The Morgan fingerprint density at radius 3 is 2.42 bits per heavy atom. The Balaban J connectivity index is 2.11. The van der Waals surface area contributed by atoms with Gasteiger partial charge in [0, 0.05) is 23.6 Å². The number of aliphatic hydroxyl groups excluding tert-OH is 1. The maximum absolute atomic E-state index is 13.0. The van der Waals surface area contributed by atoms with Crippen molar-refractivity contribution in [3.05, 3.63) is 69.8 Å². The Bertz CT molecular complexity index is 1010. The summed E-state index contributed by atoms with van der Waals surface area (Å²) in [6, 6.07) is 11.5. The number of carbonyl (C=O) groups excluding carboxylic acids is 2. The number of rotatable bonds is 7. The van der Waals surface area contributed by atoms with Gasteiger partial charge in [-0.3, -0.25) is 9.59 Å². The van der Waals surface area contributed by atoms with E-state index in [-0.39, 0.29) is 11.3 Å². The number of benzene rings is 2. The summed E-state index contributed by atoms with van der Waals surface area (Å²) in [5.41, 5.74) is 2.07. The molecule has 0 aliphatic carbocycles. The standard InChI is InChI=1S/C24H27ClN2O4/c1-15-14-18(31-4)10-11-19(15)22(28)20-21(16-6-8-17(25)9-7-16)27(24(30)23(20)29)13-5-12-26(2)3/h6-11,14,21,28H,5,12-13H2,1-4H3/p+1. The van der Waals surface area contributed by atoms with Gasteiger partial charge in [0.2, 0.25) is 0 Å². The van der Waals surface area contributed by atoms with E-state index in [1.54, 1.807) is 54.5 Å². The van der Waals surface area contributed by atoms with Crippen LogP contribution in [0.3, 0.4) is 0 Å². The summed E-state index contributed by atoms with van der Waals surface area (Å²) in [6.45, 7) is 3.10. The molecule has 0 radical (unpaired) electrons. The van der Waals surface area contributed by atoms with Gasteiger partial charge in [0.15, 0.2) is 0 Å². The van der Waals surface area contributed by atoms with E-state index >= 15 is 0 Å². The first-order chi connectivity index (χ1) is 14.7. The third kappa shape index (κ3) is 4.75. The second-order valence-corrected chi connectivity index (χ2v) is 8.47. The molecule has 31 heavy (non-hydrogen) atoms. The molecule has 6 nitrogen and oxygen atoms in total. The van der Waals surface area contributed by atoms with Gasteiger partial charge in [-0.05, 0) is 48.4 Å². The summed E-state index contributed by atoms with van der Waals surface area (Å²) in [6.07, 6.45) is 0.737. The van der Waals surface area contributed by atoms with E-state index in [2.05, 4.69) is 0 Å². The van der Waals surface area contributed by atoms with Gasteiger partial charge in [-0.15, -0.1) is 0 Å². The molecule has 0 spiro atoms. The average molecular weight is 444 g/mol. The Kier molecular flexibility index (Phi) is 7.03. The highest BCUT2D eigenvalue weighted by molar-refractivity contribution is 6.46. The molecule has 0 bridgehead atoms. The van der Waals surface area contributed by atoms with E-state index in [0.29, 0.717) is 22.9 Å². The van der Waals surface area contributed by atoms with Crippen LogP contribution in [0.2, 0.25) is 5.02 Å². The lowest BCUT2D eigenvalue weighted by Crippen LogP contribution is -3.05. The Morgan fingerprint density at radius 1 is 1.16 bits per heavy atom. The highest BCUT2D eigenvalue weighted by Crippen LogP contribution is 2.40. The zero-order valence-corrected chi connectivity index (χ0v) is 19.0. The maximum Gasteiger partial charge on any atom is 0.295 e. The minimum absolute atomic E-state index is 0.0952. The number of nitrogens with one attached hydrogen (secondary N) is 1. The lowest BCUT2D eigenvalue weighted by molar-refractivity contribution is -0.858. The number of ketones is 1. The molecular formula is C24H28ClN2O4+. The molecule has 1 saturated heterocycles. The number of hydrogen-bond donors (Lipinski definition) is 2. The fourth-order valence-electron chi connectivity index (χ4n) is 3.88. The summed E-state index contributed by atoms with van der Waals surface area (Å²) in [4.78, 5) is 28.8. The number of quaternary nitrogens is 1. The molecule has 1 atom stereocenters. The van der Waals surface area contributed by atoms with Crippen molar-refractivity contribution in [2.45, 2.75) is 19.4 Å². The topological polar surface area (TPSA) is 71.3 Å². The second-order valence-electron chi connectivity index (χ2n) is 8.04. The minimum atomic E-state index is -0.676. The lowest BCUT2D eigenvalue weighted by Gasteiger charge is -2.25. The lowest BCUT2D eigenvalue weighted by atomic mass is 9.94. The number of amides is 1. The number of halogens is 1. The predicted molar refractivity (Wildman–Crippen MR) is 120 cm³/mol. The highest BCUT2D eigenvalue weighted by Gasteiger charge is 2.46. The van der Waals surface area contributed by atoms with Crippen LogP contribution in [0.25, 0.3) is 5.76 Å². The highest BCUT2D eigenvalue weighted by atomic mass is 35.5. The maximum atomic E-state index is 13.0. The Morgan fingerprint density at radius 2 is 1.84 bits per heavy atom. The number of aryl methyl sites for hydroxylation is 1. The summed E-state index contributed by atoms with van der Waals surface area (Å²) in [5.74, 6) is -0.805. The smallest absolute Gasteiger partial charge is 0.295 e. The van der Waals surface area contributed by atoms with Crippen LogP contribution in [0.1, 0.15) is 29.2 Å². The third-order valence-corrected chi connectivity index (χ3v) is 5.74. The Hall–Kier alpha value is -2.83. The van der Waals surface area contributed by atoms with Crippen molar-refractivity contribution in [1.82, 2.24) is 4.90 Å². The second kappa shape index (κ2) is 9.54. The van der Waals surface area contributed by atoms with Crippen LogP contribution in [-0.2, 0) is 9.59 Å². The number of carbonyl (C=O) groups is 2. The van der Waals surface area contributed by atoms with E-state index in [9.17, 15) is 14.7 Å². The van der Waals surface area contributed by atoms with Gasteiger partial charge in [0.05, 0.1) is 39.4 Å². The predicted octanol–water partition coefficient (Wildman–Crippen LogP) is 2.61. The molecule has 1 unspecified atom stereocenters. The molecule has 1 fully saturated rings. The van der Waals surface area contributed by atoms with E-state index < -0.39 is 17.7 Å². The van der Waals surface area contributed by atoms with Crippen LogP contribution in [0.4, 0.5) is 0 Å². The summed E-state index contributed by atoms with van der Waals surface area (Å²) in [5, 5.41) is 11.7. The van der Waals surface area contributed by atoms with Gasteiger partial charge in [-0.1, -0.05) is 23.7 Å². The molecule has 7 heteroatoms. The van der Waals surface area contributed by atoms with Crippen molar-refractivity contribution in [1.29, 1.82) is 0 Å². The molecule has 3 rings (SSSR count). The van der Waals surface area contributed by atoms with E-state index in [0.717, 1.165) is 24.1 Å². The SMILES string of the molecule is COc1ccc(C(O)=C2C(=O)C(=O)N(CCC[NH+](C)C)C2c2ccc(Cl)cc2)c(C)c1. The number of aliphatic hydroxyl groups is 1. The van der Waals surface area contributed by atoms with Crippen LogP contribution >= 0.6 is 11.6 Å². The molecule has 1 heterocycles. The van der Waals surface area contributed by atoms with Crippen LogP contribution in [0.15, 0.2) is 48.0 Å². The van der Waals surface area contributed by atoms with E-state index in [4.69, 9.17) is 16.3 Å². The quantitative estimate of drug-likeness (QED) is 0.392. The van der Waals surface area contributed by atoms with Gasteiger partial charge >= 0.3 is 0 Å². The normalized spacial score (nSPS) is 18.1. The first kappa shape index (κ1) is 22.8. The third-order valence-electron chi connectivity index (χ3n) is 5.49. The number of Topliss-reactive ketones (excluding diaryl/α,β-unsaturated/α-hetero) is 1. The molecule has 0 saturated carbocycles. The molecule has 2 aromatic rings. The van der Waals surface area contributed by atoms with Crippen molar-refractivity contribution in [2.24, 2.45) is 0 Å². The summed E-state index contributed by atoms with van der Waals surface area (Å²) in [7, 11) is 5.64. The van der Waals surface area contributed by atoms with E-state index in [1.807, 2.05) is 21.0 Å². The number of ether oxygens (including phenoxy) is 1. The molecule has 1 aliphatic rings. The number of nitrogens with zero attached hydrogens (tertiary/aromatic N) is 1. The fourth-order valence-corrected chi connectivity index (χ4v) is 4.01. The fraction of sp³-hybridized carbons (Fsp3) is 0.333. The number of methoxy groups -OCH3 is 1. The van der Waals surface area contributed by atoms with Gasteiger partial charge in [0.25, 0.3) is 11.7 Å². The molecule has 1 amide bonds. The molecular weight excluding hydrogens is 416 g/mol. The minimum Gasteiger partial charge on any atom is -0.507 e. The van der Waals surface area contributed by atoms with Crippen molar-refractivity contribution in [2.75, 3.05) is 34.3 Å². The molecule has 2 N–H and O–H groups in total. The van der Waals surface area contributed by atoms with Crippen molar-refractivity contribution in [3.63, 3.8) is 0 Å². The van der Waals surface area contributed by atoms with Crippen molar-refractivity contribution in [3.8, 4) is 5.75 Å². The zero-order chi connectivity index (χ0) is 22.7. The largest absolute Gasteiger partial charge is 0.507 e. The Labute approximate surface area is 187 Å². The van der Waals surface area contributed by atoms with E-state index in [1.165, 1.54) is 4.90 Å². The van der Waals surface area contributed by atoms with Crippen LogP contribution in [0.5, 0.6) is 5.75 Å². The van der Waals surface area contributed by atoms with Gasteiger partial charge in [-0.25, -0.2) is 0 Å². The first-order valence-corrected chi connectivity index (χ1v) is 10.6. The van der Waals surface area contributed by atoms with Crippen molar-refractivity contribution >= 4 is 29.1 Å². The van der Waals surface area contributed by atoms with Crippen LogP contribution in [0, 0.1) is 6.92 Å². The molecule has 0 aromatic heterocycles. The van der Waals surface area contributed by atoms with Crippen LogP contribution < -0.4 is 9.64 Å². The van der Waals surface area contributed by atoms with Crippen LogP contribution in [-0.4, -0.2) is 56.0 Å². The first-order valence-electron chi connectivity index (χ1n) is 10.2. The van der Waals surface area contributed by atoms with Gasteiger partial charge in [0.1, 0.15) is 11.5 Å². The van der Waals surface area contributed by atoms with Gasteiger partial charge in [-0.2, -0.15) is 0 Å².